The summed E-state index contributed by atoms with van der Waals surface area (Å²) in [5.74, 6) is 2.39. The van der Waals surface area contributed by atoms with Crippen LogP contribution in [0.25, 0.3) is 0 Å². The van der Waals surface area contributed by atoms with E-state index in [2.05, 4.69) is 32.6 Å². The number of nitrogens with zero attached hydrogens (tertiary/aromatic N) is 1. The lowest BCUT2D eigenvalue weighted by molar-refractivity contribution is -0.160. The van der Waals surface area contributed by atoms with Crippen LogP contribution in [0.1, 0.15) is 297 Å². The third-order valence-electron chi connectivity index (χ3n) is 18.2. The van der Waals surface area contributed by atoms with Gasteiger partial charge in [-0.3, -0.25) is 14.5 Å². The van der Waals surface area contributed by atoms with Gasteiger partial charge in [0.2, 0.25) is 0 Å². The maximum absolute atomic E-state index is 13.3. The van der Waals surface area contributed by atoms with Crippen LogP contribution in [0.3, 0.4) is 0 Å². The summed E-state index contributed by atoms with van der Waals surface area (Å²) in [5.41, 5.74) is 1.74. The summed E-state index contributed by atoms with van der Waals surface area (Å²) in [6.45, 7) is 11.7. The average Bonchev–Trinajstić information content (AvgIpc) is 3.63. The van der Waals surface area contributed by atoms with Crippen molar-refractivity contribution >= 4 is 11.8 Å². The van der Waals surface area contributed by atoms with Crippen LogP contribution in [-0.2, 0) is 14.3 Å². The average molecular weight is 909 g/mol. The molecule has 4 aliphatic carbocycles. The van der Waals surface area contributed by atoms with Crippen LogP contribution < -0.4 is 0 Å². The van der Waals surface area contributed by atoms with Gasteiger partial charge < -0.3 is 9.84 Å². The Bertz CT molecular complexity index is 1250. The Balaban J connectivity index is 1.11. The Hall–Kier alpha value is -1.20. The molecule has 0 aromatic heterocycles. The molecule has 0 aliphatic heterocycles. The Labute approximate surface area is 404 Å². The second-order valence-electron chi connectivity index (χ2n) is 23.1. The number of carbonyl (C=O) groups excluding carboxylic acids is 2. The molecule has 5 heteroatoms. The van der Waals surface area contributed by atoms with Gasteiger partial charge in [0.25, 0.3) is 0 Å². The van der Waals surface area contributed by atoms with Crippen molar-refractivity contribution in [1.82, 2.24) is 4.90 Å². The fraction of sp³-hybridized carbons (Fsp3) is 0.933. The van der Waals surface area contributed by atoms with Crippen molar-refractivity contribution in [1.29, 1.82) is 0 Å². The number of carbonyl (C=O) groups is 2. The first-order valence-corrected chi connectivity index (χ1v) is 29.5. The zero-order chi connectivity index (χ0) is 46.4. The molecule has 0 bridgehead atoms. The predicted octanol–water partition coefficient (Wildman–Crippen LogP) is 17.4. The van der Waals surface area contributed by atoms with Crippen LogP contribution in [0.4, 0.5) is 0 Å². The number of fused-ring (bicyclic) bond motifs is 5. The number of esters is 1. The van der Waals surface area contributed by atoms with E-state index in [0.29, 0.717) is 42.4 Å². The van der Waals surface area contributed by atoms with E-state index in [0.717, 1.165) is 51.6 Å². The number of ether oxygens (including phenoxy) is 1. The molecule has 378 valence electrons. The molecule has 0 aromatic rings. The molecule has 0 heterocycles. The summed E-state index contributed by atoms with van der Waals surface area (Å²) < 4.78 is 6.37. The summed E-state index contributed by atoms with van der Waals surface area (Å²) in [7, 11) is 0. The summed E-state index contributed by atoms with van der Waals surface area (Å²) in [5, 5.41) is 10.2. The van der Waals surface area contributed by atoms with Crippen molar-refractivity contribution < 1.29 is 19.4 Å². The molecule has 3 fully saturated rings. The van der Waals surface area contributed by atoms with Gasteiger partial charge in [-0.25, -0.2) is 0 Å². The molecular weight excluding hydrogens is 799 g/mol. The van der Waals surface area contributed by atoms with E-state index < -0.39 is 0 Å². The molecule has 4 aliphatic rings. The van der Waals surface area contributed by atoms with Crippen molar-refractivity contribution in [3.8, 4) is 0 Å². The second kappa shape index (κ2) is 33.4. The molecule has 0 radical (unpaired) electrons. The van der Waals surface area contributed by atoms with Crippen LogP contribution in [0.5, 0.6) is 0 Å². The Morgan fingerprint density at radius 1 is 0.600 bits per heavy atom. The van der Waals surface area contributed by atoms with Crippen molar-refractivity contribution in [3.63, 3.8) is 0 Å². The zero-order valence-electron chi connectivity index (χ0n) is 43.9. The molecule has 5 nitrogen and oxygen atoms in total. The highest BCUT2D eigenvalue weighted by molar-refractivity contribution is 5.91. The van der Waals surface area contributed by atoms with Crippen molar-refractivity contribution in [2.75, 3.05) is 19.7 Å². The van der Waals surface area contributed by atoms with E-state index in [9.17, 15) is 14.7 Å². The van der Waals surface area contributed by atoms with E-state index >= 15 is 0 Å². The van der Waals surface area contributed by atoms with Gasteiger partial charge >= 0.3 is 5.97 Å². The van der Waals surface area contributed by atoms with Gasteiger partial charge in [0, 0.05) is 30.8 Å². The summed E-state index contributed by atoms with van der Waals surface area (Å²) in [6, 6.07) is 0.609. The fourth-order valence-corrected chi connectivity index (χ4v) is 13.9. The summed E-state index contributed by atoms with van der Waals surface area (Å²) in [6.07, 6.45) is 56.0. The molecule has 4 rings (SSSR count). The highest BCUT2D eigenvalue weighted by Crippen LogP contribution is 2.65. The normalized spacial score (nSPS) is 25.2. The van der Waals surface area contributed by atoms with Gasteiger partial charge in [0.15, 0.2) is 5.78 Å². The van der Waals surface area contributed by atoms with Gasteiger partial charge in [-0.15, -0.1) is 0 Å². The number of unbranched alkanes of at least 4 members (excludes halogenated alkanes) is 28. The largest absolute Gasteiger partial charge is 0.462 e. The lowest BCUT2D eigenvalue weighted by Gasteiger charge is -2.57. The fourth-order valence-electron chi connectivity index (χ4n) is 13.9. The number of ketones is 1. The van der Waals surface area contributed by atoms with Crippen LogP contribution >= 0.6 is 0 Å². The van der Waals surface area contributed by atoms with E-state index in [-0.39, 0.29) is 29.5 Å². The first-order valence-electron chi connectivity index (χ1n) is 29.5. The monoisotopic (exact) mass is 908 g/mol. The van der Waals surface area contributed by atoms with E-state index in [1.54, 1.807) is 0 Å². The topological polar surface area (TPSA) is 66.8 Å². The minimum atomic E-state index is 0.0314. The first kappa shape index (κ1) is 56.4. The van der Waals surface area contributed by atoms with Crippen LogP contribution in [-0.4, -0.2) is 53.6 Å². The number of allylic oxidation sites excluding steroid dienone is 1. The SMILES string of the molecule is CCCCCCCCCCCCCCCC(CCCCCCCCCCCCCCC)N(CCO)CCCCCCCC(=O)OC1CCC2C3CCC4=CC(=O)CCC4(C)C3CCC12C. The molecule has 65 heavy (non-hydrogen) atoms. The van der Waals surface area contributed by atoms with E-state index in [1.807, 2.05) is 6.08 Å². The predicted molar refractivity (Wildman–Crippen MR) is 277 cm³/mol. The molecule has 0 amide bonds. The molecule has 0 saturated heterocycles. The molecule has 3 saturated carbocycles. The zero-order valence-corrected chi connectivity index (χ0v) is 43.9. The first-order chi connectivity index (χ1) is 31.8. The summed E-state index contributed by atoms with van der Waals surface area (Å²) >= 11 is 0. The third kappa shape index (κ3) is 20.0. The number of hydrogen-bond donors (Lipinski definition) is 1. The minimum Gasteiger partial charge on any atom is -0.462 e. The maximum Gasteiger partial charge on any atom is 0.306 e. The van der Waals surface area contributed by atoms with Crippen molar-refractivity contribution in [3.05, 3.63) is 11.6 Å². The highest BCUT2D eigenvalue weighted by atomic mass is 16.5. The van der Waals surface area contributed by atoms with Crippen LogP contribution in [0.15, 0.2) is 11.6 Å². The Morgan fingerprint density at radius 2 is 1.09 bits per heavy atom. The molecule has 6 atom stereocenters. The van der Waals surface area contributed by atoms with Gasteiger partial charge in [0.05, 0.1) is 6.61 Å². The van der Waals surface area contributed by atoms with E-state index in [4.69, 9.17) is 4.74 Å². The molecule has 0 aromatic carbocycles. The lowest BCUT2D eigenvalue weighted by Crippen LogP contribution is -2.51. The lowest BCUT2D eigenvalue weighted by atomic mass is 9.47. The van der Waals surface area contributed by atoms with Gasteiger partial charge in [0.1, 0.15) is 6.10 Å². The Morgan fingerprint density at radius 3 is 1.62 bits per heavy atom. The quantitative estimate of drug-likeness (QED) is 0.0490. The molecule has 0 spiro atoms. The highest BCUT2D eigenvalue weighted by Gasteiger charge is 2.60. The minimum absolute atomic E-state index is 0.0314. The summed E-state index contributed by atoms with van der Waals surface area (Å²) in [4.78, 5) is 28.2. The van der Waals surface area contributed by atoms with Crippen LogP contribution in [0, 0.1) is 28.6 Å². The van der Waals surface area contributed by atoms with Gasteiger partial charge in [-0.2, -0.15) is 0 Å². The maximum atomic E-state index is 13.3. The number of hydrogen-bond acceptors (Lipinski definition) is 5. The van der Waals surface area contributed by atoms with E-state index in [1.165, 1.54) is 224 Å². The van der Waals surface area contributed by atoms with Gasteiger partial charge in [-0.05, 0) is 106 Å². The standard InChI is InChI=1S/C60H109NO4/c1-5-7-9-11-13-15-17-19-21-23-25-28-32-36-52(37-33-29-26-24-22-20-18-16-14-12-10-8-6-2)61(48-49-62)47-35-31-27-30-34-38-58(64)65-57-42-41-55-54-40-39-51-50-53(63)43-45-59(51,3)56(54)44-46-60(55,57)4/h50,52,54-57,62H,5-49H2,1-4H3. The van der Waals surface area contributed by atoms with Crippen molar-refractivity contribution in [2.45, 2.75) is 310 Å². The molecule has 1 N–H and O–H groups in total. The van der Waals surface area contributed by atoms with Gasteiger partial charge in [-0.1, -0.05) is 219 Å². The second-order valence-corrected chi connectivity index (χ2v) is 23.1. The third-order valence-corrected chi connectivity index (χ3v) is 18.2. The van der Waals surface area contributed by atoms with Crippen LogP contribution in [0.2, 0.25) is 0 Å². The number of aliphatic hydroxyl groups excluding tert-OH is 1. The Kier molecular flexibility index (Phi) is 28.9. The number of aliphatic hydroxyl groups is 1. The molecule has 6 unspecified atom stereocenters. The molecular formula is C60H109NO4. The van der Waals surface area contributed by atoms with Crippen molar-refractivity contribution in [2.24, 2.45) is 28.6 Å². The smallest absolute Gasteiger partial charge is 0.306 e. The number of rotatable bonds is 40.